The van der Waals surface area contributed by atoms with Gasteiger partial charge in [-0.05, 0) is 13.8 Å². The zero-order valence-electron chi connectivity index (χ0n) is 10.1. The Labute approximate surface area is 96.3 Å². The standard InChI is InChI=1S/C11H20N2O3/c1-3-16-11(15)13-8-6-12(7-9-13)5-4-10(2)14/h3-9H2,1-2H3. The van der Waals surface area contributed by atoms with Crippen LogP contribution < -0.4 is 0 Å². The minimum atomic E-state index is -0.228. The van der Waals surface area contributed by atoms with Gasteiger partial charge >= 0.3 is 6.09 Å². The molecule has 1 aliphatic rings. The number of carbonyl (C=O) groups excluding carboxylic acids is 2. The number of nitrogens with zero attached hydrogens (tertiary/aromatic N) is 2. The van der Waals surface area contributed by atoms with E-state index in [2.05, 4.69) is 4.90 Å². The molecule has 0 aromatic rings. The highest BCUT2D eigenvalue weighted by Crippen LogP contribution is 2.04. The van der Waals surface area contributed by atoms with Crippen molar-refractivity contribution in [3.05, 3.63) is 0 Å². The molecule has 1 heterocycles. The van der Waals surface area contributed by atoms with Gasteiger partial charge in [-0.25, -0.2) is 4.79 Å². The van der Waals surface area contributed by atoms with Crippen LogP contribution in [-0.4, -0.2) is 61.0 Å². The molecular formula is C11H20N2O3. The summed E-state index contributed by atoms with van der Waals surface area (Å²) in [4.78, 5) is 26.2. The minimum Gasteiger partial charge on any atom is -0.450 e. The monoisotopic (exact) mass is 228 g/mol. The van der Waals surface area contributed by atoms with Gasteiger partial charge in [0.2, 0.25) is 0 Å². The first-order valence-corrected chi connectivity index (χ1v) is 5.77. The first kappa shape index (κ1) is 13.0. The lowest BCUT2D eigenvalue weighted by Crippen LogP contribution is -2.49. The summed E-state index contributed by atoms with van der Waals surface area (Å²) in [6.07, 6.45) is 0.369. The van der Waals surface area contributed by atoms with Gasteiger partial charge in [0.15, 0.2) is 0 Å². The number of piperazine rings is 1. The summed E-state index contributed by atoms with van der Waals surface area (Å²) in [5.74, 6) is 0.216. The fourth-order valence-corrected chi connectivity index (χ4v) is 1.68. The molecule has 1 saturated heterocycles. The van der Waals surface area contributed by atoms with Gasteiger partial charge < -0.3 is 9.64 Å². The van der Waals surface area contributed by atoms with Crippen LogP contribution in [0.3, 0.4) is 0 Å². The summed E-state index contributed by atoms with van der Waals surface area (Å²) < 4.78 is 4.93. The first-order chi connectivity index (χ1) is 7.63. The van der Waals surface area contributed by atoms with Crippen molar-refractivity contribution >= 4 is 11.9 Å². The van der Waals surface area contributed by atoms with Crippen molar-refractivity contribution in [2.24, 2.45) is 0 Å². The molecule has 0 saturated carbocycles. The maximum absolute atomic E-state index is 11.4. The van der Waals surface area contributed by atoms with Gasteiger partial charge in [0.1, 0.15) is 5.78 Å². The van der Waals surface area contributed by atoms with Crippen molar-refractivity contribution in [3.8, 4) is 0 Å². The van der Waals surface area contributed by atoms with Crippen molar-refractivity contribution in [3.63, 3.8) is 0 Å². The van der Waals surface area contributed by atoms with Gasteiger partial charge in [-0.2, -0.15) is 0 Å². The molecule has 0 unspecified atom stereocenters. The third-order valence-corrected chi connectivity index (χ3v) is 2.68. The summed E-state index contributed by atoms with van der Waals surface area (Å²) in [7, 11) is 0. The van der Waals surface area contributed by atoms with Crippen LogP contribution >= 0.6 is 0 Å². The Balaban J connectivity index is 2.23. The Bertz CT molecular complexity index is 248. The SMILES string of the molecule is CCOC(=O)N1CCN(CCC(C)=O)CC1. The molecule has 0 atom stereocenters. The van der Waals surface area contributed by atoms with E-state index >= 15 is 0 Å². The Morgan fingerprint density at radius 2 is 1.81 bits per heavy atom. The molecule has 5 nitrogen and oxygen atoms in total. The normalized spacial score (nSPS) is 17.2. The summed E-state index contributed by atoms with van der Waals surface area (Å²) in [6, 6.07) is 0. The molecule has 0 radical (unpaired) electrons. The molecule has 92 valence electrons. The van der Waals surface area contributed by atoms with Gasteiger partial charge in [-0.3, -0.25) is 9.69 Å². The molecular weight excluding hydrogens is 208 g/mol. The smallest absolute Gasteiger partial charge is 0.409 e. The molecule has 5 heteroatoms. The average molecular weight is 228 g/mol. The van der Waals surface area contributed by atoms with Crippen LogP contribution in [0.15, 0.2) is 0 Å². The fraction of sp³-hybridized carbons (Fsp3) is 0.818. The first-order valence-electron chi connectivity index (χ1n) is 5.77. The van der Waals surface area contributed by atoms with E-state index in [-0.39, 0.29) is 11.9 Å². The lowest BCUT2D eigenvalue weighted by Gasteiger charge is -2.33. The Hall–Kier alpha value is -1.10. The van der Waals surface area contributed by atoms with Gasteiger partial charge in [-0.15, -0.1) is 0 Å². The summed E-state index contributed by atoms with van der Waals surface area (Å²) >= 11 is 0. The molecule has 1 fully saturated rings. The van der Waals surface area contributed by atoms with Crippen LogP contribution in [0.1, 0.15) is 20.3 Å². The van der Waals surface area contributed by atoms with Crippen molar-refractivity contribution < 1.29 is 14.3 Å². The third-order valence-electron chi connectivity index (χ3n) is 2.68. The van der Waals surface area contributed by atoms with E-state index in [1.54, 1.807) is 18.7 Å². The van der Waals surface area contributed by atoms with Crippen LogP contribution in [0.25, 0.3) is 0 Å². The summed E-state index contributed by atoms with van der Waals surface area (Å²) in [6.45, 7) is 7.66. The molecule has 1 amide bonds. The maximum atomic E-state index is 11.4. The Morgan fingerprint density at radius 3 is 2.31 bits per heavy atom. The van der Waals surface area contributed by atoms with Crippen LogP contribution in [0.2, 0.25) is 0 Å². The predicted octanol–water partition coefficient (Wildman–Crippen LogP) is 0.740. The highest BCUT2D eigenvalue weighted by molar-refractivity contribution is 5.75. The van der Waals surface area contributed by atoms with Gasteiger partial charge in [0.05, 0.1) is 6.61 Å². The molecule has 16 heavy (non-hydrogen) atoms. The van der Waals surface area contributed by atoms with E-state index in [1.807, 2.05) is 0 Å². The minimum absolute atomic E-state index is 0.216. The number of amides is 1. The highest BCUT2D eigenvalue weighted by atomic mass is 16.6. The molecule has 0 N–H and O–H groups in total. The van der Waals surface area contributed by atoms with E-state index in [1.165, 1.54) is 0 Å². The molecule has 0 aliphatic carbocycles. The number of hydrogen-bond donors (Lipinski definition) is 0. The van der Waals surface area contributed by atoms with Gasteiger partial charge in [0.25, 0.3) is 0 Å². The number of hydrogen-bond acceptors (Lipinski definition) is 4. The lowest BCUT2D eigenvalue weighted by atomic mass is 10.2. The quantitative estimate of drug-likeness (QED) is 0.712. The highest BCUT2D eigenvalue weighted by Gasteiger charge is 2.21. The topological polar surface area (TPSA) is 49.9 Å². The van der Waals surface area contributed by atoms with Crippen molar-refractivity contribution in [2.75, 3.05) is 39.3 Å². The van der Waals surface area contributed by atoms with E-state index in [9.17, 15) is 9.59 Å². The predicted molar refractivity (Wildman–Crippen MR) is 60.3 cm³/mol. The number of ether oxygens (including phenoxy) is 1. The Morgan fingerprint density at radius 1 is 1.19 bits per heavy atom. The van der Waals surface area contributed by atoms with Crippen LogP contribution in [0, 0.1) is 0 Å². The van der Waals surface area contributed by atoms with Crippen molar-refractivity contribution in [1.29, 1.82) is 0 Å². The van der Waals surface area contributed by atoms with Crippen molar-refractivity contribution in [1.82, 2.24) is 9.80 Å². The number of ketones is 1. The van der Waals surface area contributed by atoms with E-state index in [0.717, 1.165) is 19.6 Å². The second-order valence-corrected chi connectivity index (χ2v) is 3.98. The maximum Gasteiger partial charge on any atom is 0.409 e. The molecule has 0 aromatic heterocycles. The van der Waals surface area contributed by atoms with Gasteiger partial charge in [0, 0.05) is 39.1 Å². The largest absolute Gasteiger partial charge is 0.450 e. The molecule has 0 bridgehead atoms. The second kappa shape index (κ2) is 6.48. The van der Waals surface area contributed by atoms with E-state index in [0.29, 0.717) is 26.1 Å². The molecule has 1 aliphatic heterocycles. The van der Waals surface area contributed by atoms with Gasteiger partial charge in [-0.1, -0.05) is 0 Å². The number of carbonyl (C=O) groups is 2. The van der Waals surface area contributed by atoms with Crippen LogP contribution in [0.4, 0.5) is 4.79 Å². The molecule has 0 aromatic carbocycles. The number of Topliss-reactive ketones (excluding diaryl/α,β-unsaturated/α-hetero) is 1. The summed E-state index contributed by atoms with van der Waals surface area (Å²) in [5, 5.41) is 0. The van der Waals surface area contributed by atoms with Crippen LogP contribution in [-0.2, 0) is 9.53 Å². The third kappa shape index (κ3) is 4.18. The lowest BCUT2D eigenvalue weighted by molar-refractivity contribution is -0.117. The number of rotatable bonds is 4. The average Bonchev–Trinajstić information content (AvgIpc) is 2.27. The van der Waals surface area contributed by atoms with Crippen LogP contribution in [0.5, 0.6) is 0 Å². The van der Waals surface area contributed by atoms with Crippen molar-refractivity contribution in [2.45, 2.75) is 20.3 Å². The fourth-order valence-electron chi connectivity index (χ4n) is 1.68. The zero-order chi connectivity index (χ0) is 12.0. The Kier molecular flexibility index (Phi) is 5.25. The summed E-state index contributed by atoms with van der Waals surface area (Å²) in [5.41, 5.74) is 0. The van der Waals surface area contributed by atoms with E-state index < -0.39 is 0 Å². The molecule has 0 spiro atoms. The van der Waals surface area contributed by atoms with E-state index in [4.69, 9.17) is 4.74 Å². The zero-order valence-corrected chi connectivity index (χ0v) is 10.1. The second-order valence-electron chi connectivity index (χ2n) is 3.98. The molecule has 1 rings (SSSR count).